The molecule has 0 rings (SSSR count). The maximum Gasteiger partial charge on any atom is 0.328 e. The summed E-state index contributed by atoms with van der Waals surface area (Å²) in [6.45, 7) is 3.32. The molecule has 2 amide bonds. The van der Waals surface area contributed by atoms with Crippen molar-refractivity contribution < 1.29 is 34.1 Å². The molecule has 0 fully saturated rings. The van der Waals surface area contributed by atoms with E-state index in [0.29, 0.717) is 12.8 Å². The zero-order chi connectivity index (χ0) is 38.3. The summed E-state index contributed by atoms with van der Waals surface area (Å²) in [5, 5.41) is 22.5. The van der Waals surface area contributed by atoms with Crippen molar-refractivity contribution in [3.63, 3.8) is 0 Å². The van der Waals surface area contributed by atoms with E-state index in [0.717, 1.165) is 89.9 Å². The molecule has 0 aliphatic rings. The molecule has 0 aliphatic carbocycles. The summed E-state index contributed by atoms with van der Waals surface area (Å²) in [4.78, 5) is 47.4. The molecular weight excluding hydrogens is 656 g/mol. The molecule has 9 nitrogen and oxygen atoms in total. The van der Waals surface area contributed by atoms with E-state index >= 15 is 0 Å². The molecule has 298 valence electrons. The number of aliphatic hydroxyl groups is 1. The molecule has 0 aliphatic heterocycles. The van der Waals surface area contributed by atoms with Gasteiger partial charge in [-0.05, 0) is 77.0 Å². The number of allylic oxidation sites excluding steroid dienone is 8. The molecule has 4 N–H and O–H groups in total. The topological polar surface area (TPSA) is 142 Å². The highest BCUT2D eigenvalue weighted by molar-refractivity contribution is 5.87. The van der Waals surface area contributed by atoms with Gasteiger partial charge in [-0.2, -0.15) is 0 Å². The lowest BCUT2D eigenvalue weighted by Crippen LogP contribution is -2.47. The quantitative estimate of drug-likeness (QED) is 0.0286. The maximum absolute atomic E-state index is 12.7. The molecule has 0 spiro atoms. The van der Waals surface area contributed by atoms with Crippen LogP contribution in [0.3, 0.4) is 0 Å². The van der Waals surface area contributed by atoms with Crippen LogP contribution in [0.2, 0.25) is 0 Å². The maximum atomic E-state index is 12.7. The highest BCUT2D eigenvalue weighted by Crippen LogP contribution is 2.18. The number of nitrogens with one attached hydrogen (secondary N) is 2. The van der Waals surface area contributed by atoms with Crippen LogP contribution in [-0.4, -0.2) is 59.3 Å². The summed E-state index contributed by atoms with van der Waals surface area (Å²) in [6, 6.07) is -1.39. The molecule has 2 unspecified atom stereocenters. The smallest absolute Gasteiger partial charge is 0.328 e. The SMILES string of the molecule is CC/C=C\C/C=C\C/C=C\C/C=C\CCCCCCCCC(=O)OC(CCCCCCCC)CCCCCCC(=O)NCC(=O)NC(CO)C(=O)O. The Morgan fingerprint density at radius 3 is 1.65 bits per heavy atom. The van der Waals surface area contributed by atoms with Crippen LogP contribution >= 0.6 is 0 Å². The van der Waals surface area contributed by atoms with Crippen LogP contribution in [0.1, 0.15) is 174 Å². The normalized spacial score (nSPS) is 13.0. The van der Waals surface area contributed by atoms with Crippen LogP contribution in [0, 0.1) is 0 Å². The van der Waals surface area contributed by atoms with Gasteiger partial charge in [0.15, 0.2) is 0 Å². The molecule has 2 atom stereocenters. The van der Waals surface area contributed by atoms with Crippen molar-refractivity contribution in [2.45, 2.75) is 187 Å². The number of carboxylic acid groups (broad SMARTS) is 1. The number of aliphatic hydroxyl groups excluding tert-OH is 1. The first-order valence-corrected chi connectivity index (χ1v) is 20.5. The second kappa shape index (κ2) is 37.6. The number of aliphatic carboxylic acids is 1. The Labute approximate surface area is 316 Å². The third-order valence-electron chi connectivity index (χ3n) is 8.84. The Balaban J connectivity index is 4.15. The van der Waals surface area contributed by atoms with Crippen molar-refractivity contribution in [2.75, 3.05) is 13.2 Å². The standard InChI is InChI=1S/C43H74N2O7/c1-3-5-7-9-11-12-13-14-15-16-17-18-19-20-21-22-23-25-31-35-42(49)52-38(32-28-24-10-8-6-4-2)33-29-26-27-30-34-40(47)44-36-41(48)45-39(37-46)43(50)51/h5,7,11-12,14-15,17-18,38-39,46H,3-4,6,8-10,13,16,19-37H2,1-2H3,(H,44,47)(H,45,48)(H,50,51)/b7-5-,12-11-,15-14-,18-17-. The molecule has 0 radical (unpaired) electrons. The van der Waals surface area contributed by atoms with Gasteiger partial charge < -0.3 is 25.6 Å². The summed E-state index contributed by atoms with van der Waals surface area (Å²) < 4.78 is 5.95. The molecule has 0 heterocycles. The zero-order valence-corrected chi connectivity index (χ0v) is 32.8. The average Bonchev–Trinajstić information content (AvgIpc) is 3.13. The fourth-order valence-corrected chi connectivity index (χ4v) is 5.70. The third-order valence-corrected chi connectivity index (χ3v) is 8.84. The number of rotatable bonds is 36. The van der Waals surface area contributed by atoms with Gasteiger partial charge in [0.2, 0.25) is 11.8 Å². The van der Waals surface area contributed by atoms with Gasteiger partial charge in [-0.3, -0.25) is 14.4 Å². The number of hydrogen-bond acceptors (Lipinski definition) is 6. The molecular formula is C43H74N2O7. The van der Waals surface area contributed by atoms with Crippen molar-refractivity contribution >= 4 is 23.8 Å². The van der Waals surface area contributed by atoms with E-state index in [1.807, 2.05) is 0 Å². The van der Waals surface area contributed by atoms with E-state index in [1.165, 1.54) is 51.4 Å². The summed E-state index contributed by atoms with van der Waals surface area (Å²) >= 11 is 0. The zero-order valence-electron chi connectivity index (χ0n) is 32.8. The molecule has 0 saturated heterocycles. The van der Waals surface area contributed by atoms with Crippen LogP contribution in [0.4, 0.5) is 0 Å². The van der Waals surface area contributed by atoms with Crippen molar-refractivity contribution in [1.82, 2.24) is 10.6 Å². The number of amides is 2. The second-order valence-electron chi connectivity index (χ2n) is 13.7. The number of ether oxygens (including phenoxy) is 1. The fraction of sp³-hybridized carbons (Fsp3) is 0.721. The van der Waals surface area contributed by atoms with Gasteiger partial charge in [-0.15, -0.1) is 0 Å². The Hall–Kier alpha value is -3.20. The highest BCUT2D eigenvalue weighted by atomic mass is 16.5. The van der Waals surface area contributed by atoms with Gasteiger partial charge in [0, 0.05) is 12.8 Å². The second-order valence-corrected chi connectivity index (χ2v) is 13.7. The summed E-state index contributed by atoms with van der Waals surface area (Å²) in [6.07, 6.45) is 42.9. The molecule has 0 aromatic rings. The highest BCUT2D eigenvalue weighted by Gasteiger charge is 2.19. The van der Waals surface area contributed by atoms with Gasteiger partial charge >= 0.3 is 11.9 Å². The van der Waals surface area contributed by atoms with Crippen LogP contribution in [0.25, 0.3) is 0 Å². The predicted molar refractivity (Wildman–Crippen MR) is 213 cm³/mol. The molecule has 0 aromatic heterocycles. The van der Waals surface area contributed by atoms with Gasteiger partial charge in [0.05, 0.1) is 13.2 Å². The third kappa shape index (κ3) is 33.9. The minimum absolute atomic E-state index is 0.0487. The van der Waals surface area contributed by atoms with Gasteiger partial charge in [0.1, 0.15) is 12.1 Å². The summed E-state index contributed by atoms with van der Waals surface area (Å²) in [5.74, 6) is -2.35. The van der Waals surface area contributed by atoms with Crippen molar-refractivity contribution in [3.05, 3.63) is 48.6 Å². The Morgan fingerprint density at radius 1 is 0.596 bits per heavy atom. The molecule has 0 aromatic carbocycles. The number of carbonyl (C=O) groups is 4. The number of hydrogen-bond donors (Lipinski definition) is 4. The summed E-state index contributed by atoms with van der Waals surface area (Å²) in [7, 11) is 0. The largest absolute Gasteiger partial charge is 0.480 e. The Bertz CT molecular complexity index is 1020. The Kier molecular flexibility index (Phi) is 35.2. The van der Waals surface area contributed by atoms with Gasteiger partial charge in [-0.1, -0.05) is 133 Å². The van der Waals surface area contributed by atoms with E-state index in [1.54, 1.807) is 0 Å². The number of carboxylic acids is 1. The fourth-order valence-electron chi connectivity index (χ4n) is 5.70. The monoisotopic (exact) mass is 731 g/mol. The van der Waals surface area contributed by atoms with Crippen molar-refractivity contribution in [2.24, 2.45) is 0 Å². The number of carbonyl (C=O) groups excluding carboxylic acids is 3. The first-order chi connectivity index (χ1) is 25.3. The molecule has 0 bridgehead atoms. The van der Waals surface area contributed by atoms with E-state index < -0.39 is 24.5 Å². The summed E-state index contributed by atoms with van der Waals surface area (Å²) in [5.41, 5.74) is 0. The van der Waals surface area contributed by atoms with Crippen molar-refractivity contribution in [1.29, 1.82) is 0 Å². The van der Waals surface area contributed by atoms with Crippen LogP contribution in [0.15, 0.2) is 48.6 Å². The Morgan fingerprint density at radius 2 is 1.10 bits per heavy atom. The molecule has 9 heteroatoms. The number of unbranched alkanes of at least 4 members (excludes halogenated alkanes) is 14. The lowest BCUT2D eigenvalue weighted by Gasteiger charge is -2.18. The van der Waals surface area contributed by atoms with Gasteiger partial charge in [0.25, 0.3) is 0 Å². The van der Waals surface area contributed by atoms with E-state index in [2.05, 4.69) is 73.1 Å². The minimum atomic E-state index is -1.39. The lowest BCUT2D eigenvalue weighted by atomic mass is 10.0. The van der Waals surface area contributed by atoms with Crippen LogP contribution in [0.5, 0.6) is 0 Å². The minimum Gasteiger partial charge on any atom is -0.480 e. The molecule has 52 heavy (non-hydrogen) atoms. The van der Waals surface area contributed by atoms with E-state index in [9.17, 15) is 19.2 Å². The van der Waals surface area contributed by atoms with Crippen LogP contribution in [-0.2, 0) is 23.9 Å². The average molecular weight is 731 g/mol. The first kappa shape index (κ1) is 48.8. The van der Waals surface area contributed by atoms with Gasteiger partial charge in [-0.25, -0.2) is 4.79 Å². The van der Waals surface area contributed by atoms with E-state index in [-0.39, 0.29) is 30.9 Å². The predicted octanol–water partition coefficient (Wildman–Crippen LogP) is 9.59. The first-order valence-electron chi connectivity index (χ1n) is 20.5. The molecule has 0 saturated carbocycles. The van der Waals surface area contributed by atoms with Crippen molar-refractivity contribution in [3.8, 4) is 0 Å². The number of esters is 1. The lowest BCUT2D eigenvalue weighted by molar-refractivity contribution is -0.150. The van der Waals surface area contributed by atoms with Crippen LogP contribution < -0.4 is 10.6 Å². The van der Waals surface area contributed by atoms with E-state index in [4.69, 9.17) is 14.9 Å².